The first-order chi connectivity index (χ1) is 26.4. The number of aromatic amines is 1. The number of aromatic nitrogens is 1. The number of halogens is 1. The van der Waals surface area contributed by atoms with E-state index < -0.39 is 23.9 Å². The average molecular weight is 753 g/mol. The quantitative estimate of drug-likeness (QED) is 0.0772. The highest BCUT2D eigenvalue weighted by molar-refractivity contribution is 5.93. The smallest absolute Gasteiger partial charge is 0.411 e. The minimum Gasteiger partial charge on any atom is -0.506 e. The van der Waals surface area contributed by atoms with E-state index in [2.05, 4.69) is 35.0 Å². The number of hydrogen-bond donors (Lipinski definition) is 6. The van der Waals surface area contributed by atoms with Crippen molar-refractivity contribution in [2.75, 3.05) is 51.5 Å². The molecule has 288 valence electrons. The number of ether oxygens (including phenoxy) is 2. The molecule has 0 spiro atoms. The molecular weight excluding hydrogens is 705 g/mol. The van der Waals surface area contributed by atoms with Gasteiger partial charge in [-0.25, -0.2) is 9.18 Å². The molecule has 6 rings (SSSR count). The summed E-state index contributed by atoms with van der Waals surface area (Å²) in [5.74, 6) is -0.808. The monoisotopic (exact) mass is 752 g/mol. The summed E-state index contributed by atoms with van der Waals surface area (Å²) in [6, 6.07) is 23.7. The zero-order valence-electron chi connectivity index (χ0n) is 31.2. The molecule has 0 saturated carbocycles. The van der Waals surface area contributed by atoms with Gasteiger partial charge in [0.1, 0.15) is 23.4 Å². The number of methoxy groups -OCH3 is 1. The third-order valence-corrected chi connectivity index (χ3v) is 10.00. The number of phenolic OH excluding ortho intramolecular Hbond substituents is 1. The lowest BCUT2D eigenvalue weighted by Gasteiger charge is -2.36. The zero-order valence-corrected chi connectivity index (χ0v) is 31.2. The standard InChI is InChI=1S/C42H46FN5O7/c1-48(2)19-17-29(18-20-48)55-42(53)46-34-13-9-26(21-32(34)27-7-5-4-6-8-27)10-15-39(51)45-35-23-38(54-3)28(22-33(35)43)24-44-25-37(50)30-11-14-36(49)41-31(30)12-16-40(52)47-41/h4-9,11-14,16,21-23,29,37,44,50H,10,15,17-20,24-25H2,1-3H3,(H3-,45,46,47,49,51,52,53)/p+1/t37-/m0/s1. The zero-order chi connectivity index (χ0) is 39.1. The molecule has 0 bridgehead atoms. The fraction of sp³-hybridized carbons (Fsp3) is 0.310. The van der Waals surface area contributed by atoms with Crippen molar-refractivity contribution in [3.63, 3.8) is 0 Å². The molecule has 1 atom stereocenters. The van der Waals surface area contributed by atoms with Gasteiger partial charge in [-0.2, -0.15) is 0 Å². The average Bonchev–Trinajstić information content (AvgIpc) is 3.17. The van der Waals surface area contributed by atoms with Gasteiger partial charge in [0.2, 0.25) is 11.5 Å². The Morgan fingerprint density at radius 1 is 0.964 bits per heavy atom. The van der Waals surface area contributed by atoms with Crippen molar-refractivity contribution < 1.29 is 38.1 Å². The van der Waals surface area contributed by atoms with Crippen LogP contribution in [0.25, 0.3) is 22.0 Å². The molecule has 1 aliphatic heterocycles. The van der Waals surface area contributed by atoms with E-state index in [-0.39, 0.29) is 48.1 Å². The summed E-state index contributed by atoms with van der Waals surface area (Å²) in [6.07, 6.45) is 0.419. The van der Waals surface area contributed by atoms with Gasteiger partial charge in [0.15, 0.2) is 0 Å². The molecule has 1 aliphatic rings. The van der Waals surface area contributed by atoms with E-state index in [1.165, 1.54) is 37.4 Å². The summed E-state index contributed by atoms with van der Waals surface area (Å²) in [5, 5.41) is 30.2. The van der Waals surface area contributed by atoms with Crippen LogP contribution in [-0.2, 0) is 22.5 Å². The van der Waals surface area contributed by atoms with Crippen LogP contribution in [0.15, 0.2) is 89.7 Å². The topological polar surface area (TPSA) is 162 Å². The Kier molecular flexibility index (Phi) is 12.1. The molecule has 55 heavy (non-hydrogen) atoms. The van der Waals surface area contributed by atoms with E-state index in [1.807, 2.05) is 48.5 Å². The summed E-state index contributed by atoms with van der Waals surface area (Å²) < 4.78 is 27.5. The fourth-order valence-electron chi connectivity index (χ4n) is 6.86. The molecule has 2 heterocycles. The van der Waals surface area contributed by atoms with Crippen molar-refractivity contribution in [1.29, 1.82) is 0 Å². The maximum Gasteiger partial charge on any atom is 0.411 e. The Hall–Kier alpha value is -5.76. The maximum atomic E-state index is 15.3. The van der Waals surface area contributed by atoms with Gasteiger partial charge in [0, 0.05) is 61.0 Å². The van der Waals surface area contributed by atoms with Gasteiger partial charge in [-0.15, -0.1) is 0 Å². The second kappa shape index (κ2) is 17.1. The number of pyridine rings is 1. The van der Waals surface area contributed by atoms with Gasteiger partial charge in [-0.1, -0.05) is 42.5 Å². The number of aryl methyl sites for hydroxylation is 1. The lowest BCUT2D eigenvalue weighted by molar-refractivity contribution is -0.896. The first-order valence-corrected chi connectivity index (χ1v) is 18.3. The molecule has 0 radical (unpaired) electrons. The van der Waals surface area contributed by atoms with Crippen LogP contribution in [-0.4, -0.2) is 78.6 Å². The highest BCUT2D eigenvalue weighted by atomic mass is 19.1. The predicted molar refractivity (Wildman–Crippen MR) is 210 cm³/mol. The van der Waals surface area contributed by atoms with E-state index in [0.29, 0.717) is 34.4 Å². The number of amides is 2. The Balaban J connectivity index is 1.06. The van der Waals surface area contributed by atoms with Crippen molar-refractivity contribution in [3.8, 4) is 22.6 Å². The molecule has 1 fully saturated rings. The van der Waals surface area contributed by atoms with Crippen LogP contribution in [0, 0.1) is 5.82 Å². The van der Waals surface area contributed by atoms with E-state index in [1.54, 1.807) is 6.07 Å². The number of rotatable bonds is 13. The highest BCUT2D eigenvalue weighted by Crippen LogP contribution is 2.32. The Labute approximate surface area is 318 Å². The highest BCUT2D eigenvalue weighted by Gasteiger charge is 2.28. The SMILES string of the molecule is COc1cc(NC(=O)CCc2ccc(NC(=O)OC3CC[N+](C)(C)CC3)c(-c3ccccc3)c2)c(F)cc1CNC[C@H](O)c1ccc(O)c2[nH]c(=O)ccc12. The first-order valence-electron chi connectivity index (χ1n) is 18.3. The van der Waals surface area contributed by atoms with Crippen molar-refractivity contribution in [2.24, 2.45) is 0 Å². The van der Waals surface area contributed by atoms with E-state index in [9.17, 15) is 24.6 Å². The van der Waals surface area contributed by atoms with Crippen LogP contribution in [0.4, 0.5) is 20.6 Å². The van der Waals surface area contributed by atoms with Crippen LogP contribution < -0.4 is 26.2 Å². The molecule has 13 heteroatoms. The molecule has 5 aromatic rings. The molecule has 4 aromatic carbocycles. The number of aromatic hydroxyl groups is 1. The number of carbonyl (C=O) groups excluding carboxylic acids is 2. The van der Waals surface area contributed by atoms with Crippen molar-refractivity contribution >= 4 is 34.3 Å². The second-order valence-electron chi connectivity index (χ2n) is 14.5. The number of phenols is 1. The van der Waals surface area contributed by atoms with Gasteiger partial charge in [0.05, 0.1) is 57.3 Å². The van der Waals surface area contributed by atoms with Gasteiger partial charge >= 0.3 is 6.09 Å². The van der Waals surface area contributed by atoms with Crippen molar-refractivity contribution in [3.05, 3.63) is 118 Å². The van der Waals surface area contributed by atoms with Gasteiger partial charge < -0.3 is 39.8 Å². The van der Waals surface area contributed by atoms with E-state index in [0.717, 1.165) is 47.1 Å². The number of hydrogen-bond acceptors (Lipinski definition) is 8. The number of nitrogens with zero attached hydrogens (tertiary/aromatic N) is 1. The normalized spacial score (nSPS) is 14.6. The number of aliphatic hydroxyl groups is 1. The van der Waals surface area contributed by atoms with Crippen LogP contribution >= 0.6 is 0 Å². The Bertz CT molecular complexity index is 2220. The maximum absolute atomic E-state index is 15.3. The minimum absolute atomic E-state index is 0.0290. The van der Waals surface area contributed by atoms with Gasteiger partial charge in [-0.3, -0.25) is 14.9 Å². The van der Waals surface area contributed by atoms with Crippen LogP contribution in [0.2, 0.25) is 0 Å². The first kappa shape index (κ1) is 38.9. The second-order valence-corrected chi connectivity index (χ2v) is 14.5. The largest absolute Gasteiger partial charge is 0.506 e. The van der Waals surface area contributed by atoms with Gasteiger partial charge in [-0.05, 0) is 53.4 Å². The number of carbonyl (C=O) groups is 2. The number of likely N-dealkylation sites (tertiary alicyclic amines) is 1. The lowest BCUT2D eigenvalue weighted by atomic mass is 9.98. The van der Waals surface area contributed by atoms with E-state index >= 15 is 4.39 Å². The third-order valence-electron chi connectivity index (χ3n) is 10.00. The van der Waals surface area contributed by atoms with Crippen LogP contribution in [0.1, 0.15) is 42.1 Å². The van der Waals surface area contributed by atoms with Crippen LogP contribution in [0.3, 0.4) is 0 Å². The lowest BCUT2D eigenvalue weighted by Crippen LogP contribution is -2.48. The number of quaternary nitrogens is 1. The number of fused-ring (bicyclic) bond motifs is 1. The third kappa shape index (κ3) is 9.87. The number of H-pyrrole nitrogens is 1. The molecular formula is C42H47FN5O7+. The number of nitrogens with one attached hydrogen (secondary N) is 4. The van der Waals surface area contributed by atoms with E-state index in [4.69, 9.17) is 9.47 Å². The molecule has 1 saturated heterocycles. The van der Waals surface area contributed by atoms with Crippen molar-refractivity contribution in [2.45, 2.75) is 44.4 Å². The molecule has 12 nitrogen and oxygen atoms in total. The summed E-state index contributed by atoms with van der Waals surface area (Å²) >= 11 is 0. The Morgan fingerprint density at radius 2 is 1.73 bits per heavy atom. The fourth-order valence-corrected chi connectivity index (χ4v) is 6.86. The number of benzene rings is 4. The summed E-state index contributed by atoms with van der Waals surface area (Å²) in [7, 11) is 5.79. The summed E-state index contributed by atoms with van der Waals surface area (Å²) in [4.78, 5) is 40.3. The number of piperidine rings is 1. The molecule has 2 amide bonds. The predicted octanol–water partition coefficient (Wildman–Crippen LogP) is 6.23. The molecule has 6 N–H and O–H groups in total. The van der Waals surface area contributed by atoms with Crippen LogP contribution in [0.5, 0.6) is 11.5 Å². The minimum atomic E-state index is -1.00. The summed E-state index contributed by atoms with van der Waals surface area (Å²) in [5.41, 5.74) is 3.92. The van der Waals surface area contributed by atoms with Crippen molar-refractivity contribution in [1.82, 2.24) is 10.3 Å². The Morgan fingerprint density at radius 3 is 2.47 bits per heavy atom. The van der Waals surface area contributed by atoms with Gasteiger partial charge in [0.25, 0.3) is 0 Å². The molecule has 0 aliphatic carbocycles. The number of aliphatic hydroxyl groups excluding tert-OH is 1. The number of anilines is 2. The molecule has 1 aromatic heterocycles. The summed E-state index contributed by atoms with van der Waals surface area (Å²) in [6.45, 7) is 2.11. The molecule has 0 unspecified atom stereocenters.